The second-order valence-electron chi connectivity index (χ2n) is 4.64. The Hall–Kier alpha value is -1.51. The topological polar surface area (TPSA) is 46.3 Å². The van der Waals surface area contributed by atoms with Crippen LogP contribution in [0.4, 0.5) is 5.69 Å². The molecule has 1 aromatic carbocycles. The maximum Gasteiger partial charge on any atom is 0.226 e. The van der Waals surface area contributed by atoms with Gasteiger partial charge in [0.25, 0.3) is 0 Å². The summed E-state index contributed by atoms with van der Waals surface area (Å²) in [6.07, 6.45) is 3.03. The minimum Gasteiger partial charge on any atom is -0.399 e. The zero-order valence-electron chi connectivity index (χ0n) is 9.65. The molecule has 1 aliphatic carbocycles. The largest absolute Gasteiger partial charge is 0.399 e. The Balaban J connectivity index is 1.87. The number of amides is 1. The van der Waals surface area contributed by atoms with Crippen LogP contribution in [-0.2, 0) is 11.2 Å². The Kier molecular flexibility index (Phi) is 3.13. The average molecular weight is 218 g/mol. The molecule has 1 aliphatic rings. The van der Waals surface area contributed by atoms with Crippen molar-refractivity contribution in [3.63, 3.8) is 0 Å². The molecule has 0 aromatic heterocycles. The molecule has 1 saturated carbocycles. The van der Waals surface area contributed by atoms with Crippen molar-refractivity contribution in [1.82, 2.24) is 4.90 Å². The van der Waals surface area contributed by atoms with Crippen LogP contribution in [-0.4, -0.2) is 24.4 Å². The standard InChI is InChI=1S/C13H18N2O/c1-15(9-11-2-3-11)13(16)8-10-4-6-12(14)7-5-10/h4-7,11H,2-3,8-9,14H2,1H3. The van der Waals surface area contributed by atoms with Gasteiger partial charge < -0.3 is 10.6 Å². The summed E-state index contributed by atoms with van der Waals surface area (Å²) in [4.78, 5) is 13.7. The number of likely N-dealkylation sites (N-methyl/N-ethyl adjacent to an activating group) is 1. The van der Waals surface area contributed by atoms with Crippen molar-refractivity contribution in [3.8, 4) is 0 Å². The minimum absolute atomic E-state index is 0.191. The van der Waals surface area contributed by atoms with Crippen LogP contribution in [0.2, 0.25) is 0 Å². The highest BCUT2D eigenvalue weighted by Gasteiger charge is 2.24. The van der Waals surface area contributed by atoms with Crippen molar-refractivity contribution in [1.29, 1.82) is 0 Å². The number of anilines is 1. The molecule has 0 spiro atoms. The Morgan fingerprint density at radius 1 is 1.38 bits per heavy atom. The fourth-order valence-corrected chi connectivity index (χ4v) is 1.73. The summed E-state index contributed by atoms with van der Waals surface area (Å²) in [6.45, 7) is 0.911. The van der Waals surface area contributed by atoms with Gasteiger partial charge in [0.05, 0.1) is 6.42 Å². The van der Waals surface area contributed by atoms with E-state index in [1.165, 1.54) is 12.8 Å². The number of hydrogen-bond donors (Lipinski definition) is 1. The first-order valence-electron chi connectivity index (χ1n) is 5.73. The van der Waals surface area contributed by atoms with E-state index in [2.05, 4.69) is 0 Å². The van der Waals surface area contributed by atoms with Crippen molar-refractivity contribution >= 4 is 11.6 Å². The van der Waals surface area contributed by atoms with E-state index in [9.17, 15) is 4.79 Å². The van der Waals surface area contributed by atoms with E-state index in [1.54, 1.807) is 0 Å². The third-order valence-electron chi connectivity index (χ3n) is 2.99. The summed E-state index contributed by atoms with van der Waals surface area (Å²) in [6, 6.07) is 7.50. The molecule has 3 nitrogen and oxygen atoms in total. The average Bonchev–Trinajstić information content (AvgIpc) is 3.05. The van der Waals surface area contributed by atoms with Crippen LogP contribution in [0.5, 0.6) is 0 Å². The molecule has 0 saturated heterocycles. The molecule has 2 N–H and O–H groups in total. The van der Waals surface area contributed by atoms with Gasteiger partial charge in [-0.25, -0.2) is 0 Å². The van der Waals surface area contributed by atoms with Gasteiger partial charge in [-0.15, -0.1) is 0 Å². The fourth-order valence-electron chi connectivity index (χ4n) is 1.73. The van der Waals surface area contributed by atoms with Gasteiger partial charge >= 0.3 is 0 Å². The van der Waals surface area contributed by atoms with Crippen LogP contribution in [0, 0.1) is 5.92 Å². The highest BCUT2D eigenvalue weighted by molar-refractivity contribution is 5.78. The minimum atomic E-state index is 0.191. The molecule has 0 atom stereocenters. The maximum atomic E-state index is 11.9. The van der Waals surface area contributed by atoms with Gasteiger partial charge in [-0.1, -0.05) is 12.1 Å². The monoisotopic (exact) mass is 218 g/mol. The van der Waals surface area contributed by atoms with Crippen LogP contribution in [0.15, 0.2) is 24.3 Å². The molecular formula is C13H18N2O. The maximum absolute atomic E-state index is 11.9. The Bertz CT molecular complexity index is 368. The third-order valence-corrected chi connectivity index (χ3v) is 2.99. The van der Waals surface area contributed by atoms with Crippen molar-refractivity contribution in [3.05, 3.63) is 29.8 Å². The number of benzene rings is 1. The molecule has 0 heterocycles. The van der Waals surface area contributed by atoms with E-state index >= 15 is 0 Å². The molecule has 1 fully saturated rings. The molecule has 1 amide bonds. The number of nitrogen functional groups attached to an aromatic ring is 1. The second kappa shape index (κ2) is 4.56. The predicted molar refractivity (Wildman–Crippen MR) is 64.9 cm³/mol. The second-order valence-corrected chi connectivity index (χ2v) is 4.64. The summed E-state index contributed by atoms with van der Waals surface area (Å²) in [7, 11) is 1.89. The zero-order valence-corrected chi connectivity index (χ0v) is 9.65. The van der Waals surface area contributed by atoms with E-state index in [-0.39, 0.29) is 5.91 Å². The van der Waals surface area contributed by atoms with E-state index in [4.69, 9.17) is 5.73 Å². The predicted octanol–water partition coefficient (Wildman–Crippen LogP) is 1.68. The lowest BCUT2D eigenvalue weighted by Crippen LogP contribution is -2.30. The summed E-state index contributed by atoms with van der Waals surface area (Å²) in [5.74, 6) is 0.942. The quantitative estimate of drug-likeness (QED) is 0.781. The van der Waals surface area contributed by atoms with Crippen LogP contribution in [0.25, 0.3) is 0 Å². The molecule has 86 valence electrons. The molecule has 3 heteroatoms. The highest BCUT2D eigenvalue weighted by atomic mass is 16.2. The molecule has 0 bridgehead atoms. The number of hydrogen-bond acceptors (Lipinski definition) is 2. The van der Waals surface area contributed by atoms with Gasteiger partial charge in [0, 0.05) is 19.3 Å². The first kappa shape index (κ1) is 11.0. The van der Waals surface area contributed by atoms with E-state index in [0.29, 0.717) is 6.42 Å². The number of carbonyl (C=O) groups excluding carboxylic acids is 1. The Morgan fingerprint density at radius 2 is 2.00 bits per heavy atom. The number of carbonyl (C=O) groups is 1. The number of rotatable bonds is 4. The van der Waals surface area contributed by atoms with Gasteiger partial charge in [-0.3, -0.25) is 4.79 Å². The van der Waals surface area contributed by atoms with Gasteiger partial charge in [-0.2, -0.15) is 0 Å². The van der Waals surface area contributed by atoms with Crippen molar-refractivity contribution in [2.24, 2.45) is 5.92 Å². The SMILES string of the molecule is CN(CC1CC1)C(=O)Cc1ccc(N)cc1. The lowest BCUT2D eigenvalue weighted by atomic mass is 10.1. The van der Waals surface area contributed by atoms with E-state index < -0.39 is 0 Å². The molecule has 16 heavy (non-hydrogen) atoms. The zero-order chi connectivity index (χ0) is 11.5. The molecule has 1 aromatic rings. The van der Waals surface area contributed by atoms with E-state index in [1.807, 2.05) is 36.2 Å². The Labute approximate surface area is 96.2 Å². The molecular weight excluding hydrogens is 200 g/mol. The van der Waals surface area contributed by atoms with Crippen LogP contribution in [0.1, 0.15) is 18.4 Å². The molecule has 0 aliphatic heterocycles. The number of nitrogens with zero attached hydrogens (tertiary/aromatic N) is 1. The van der Waals surface area contributed by atoms with Crippen LogP contribution < -0.4 is 5.73 Å². The van der Waals surface area contributed by atoms with Gasteiger partial charge in [0.15, 0.2) is 0 Å². The summed E-state index contributed by atoms with van der Waals surface area (Å²) in [5.41, 5.74) is 7.36. The molecule has 0 radical (unpaired) electrons. The van der Waals surface area contributed by atoms with Crippen LogP contribution in [0.3, 0.4) is 0 Å². The van der Waals surface area contributed by atoms with Gasteiger partial charge in [0.1, 0.15) is 0 Å². The number of nitrogens with two attached hydrogens (primary N) is 1. The lowest BCUT2D eigenvalue weighted by molar-refractivity contribution is -0.129. The van der Waals surface area contributed by atoms with Crippen molar-refractivity contribution < 1.29 is 4.79 Å². The normalized spacial score (nSPS) is 14.8. The first-order valence-corrected chi connectivity index (χ1v) is 5.73. The van der Waals surface area contributed by atoms with Crippen molar-refractivity contribution in [2.45, 2.75) is 19.3 Å². The van der Waals surface area contributed by atoms with Gasteiger partial charge in [0.2, 0.25) is 5.91 Å². The summed E-state index contributed by atoms with van der Waals surface area (Å²) >= 11 is 0. The lowest BCUT2D eigenvalue weighted by Gasteiger charge is -2.16. The first-order chi connectivity index (χ1) is 7.65. The Morgan fingerprint density at radius 3 is 2.56 bits per heavy atom. The molecule has 2 rings (SSSR count). The summed E-state index contributed by atoms with van der Waals surface area (Å²) in [5, 5.41) is 0. The van der Waals surface area contributed by atoms with Gasteiger partial charge in [-0.05, 0) is 36.5 Å². The van der Waals surface area contributed by atoms with Crippen LogP contribution >= 0.6 is 0 Å². The summed E-state index contributed by atoms with van der Waals surface area (Å²) < 4.78 is 0. The van der Waals surface area contributed by atoms with E-state index in [0.717, 1.165) is 23.7 Å². The van der Waals surface area contributed by atoms with Crippen molar-refractivity contribution in [2.75, 3.05) is 19.3 Å². The fraction of sp³-hybridized carbons (Fsp3) is 0.462. The smallest absolute Gasteiger partial charge is 0.226 e. The highest BCUT2D eigenvalue weighted by Crippen LogP contribution is 2.29. The molecule has 0 unspecified atom stereocenters. The third kappa shape index (κ3) is 2.99.